The van der Waals surface area contributed by atoms with Crippen molar-refractivity contribution in [2.45, 2.75) is 70.5 Å². The van der Waals surface area contributed by atoms with Crippen LogP contribution in [-0.4, -0.2) is 41.2 Å². The van der Waals surface area contributed by atoms with E-state index in [1.807, 2.05) is 12.1 Å². The zero-order chi connectivity index (χ0) is 23.3. The molecule has 2 aliphatic heterocycles. The van der Waals surface area contributed by atoms with Gasteiger partial charge >= 0.3 is 0 Å². The second-order valence-electron chi connectivity index (χ2n) is 10.4. The highest BCUT2D eigenvalue weighted by Gasteiger charge is 2.43. The Morgan fingerprint density at radius 1 is 1.12 bits per heavy atom. The molecule has 4 rings (SSSR count). The molecule has 0 spiro atoms. The van der Waals surface area contributed by atoms with Gasteiger partial charge in [0.05, 0.1) is 5.69 Å². The topological polar surface area (TPSA) is 56.7 Å². The van der Waals surface area contributed by atoms with Gasteiger partial charge in [-0.25, -0.2) is 4.39 Å². The fourth-order valence-corrected chi connectivity index (χ4v) is 5.15. The molecular weight excluding hydrogens is 403 g/mol. The molecule has 2 aromatic carbocycles. The highest BCUT2D eigenvalue weighted by atomic mass is 19.1. The molecule has 0 aromatic heterocycles. The summed E-state index contributed by atoms with van der Waals surface area (Å²) < 4.78 is 13.6. The van der Waals surface area contributed by atoms with Crippen molar-refractivity contribution in [2.75, 3.05) is 17.7 Å². The lowest BCUT2D eigenvalue weighted by Crippen LogP contribution is -2.61. The summed E-state index contributed by atoms with van der Waals surface area (Å²) in [4.78, 5) is 19.3. The molecule has 0 bridgehead atoms. The smallest absolute Gasteiger partial charge is 0.237 e. The van der Waals surface area contributed by atoms with Crippen LogP contribution in [0.1, 0.15) is 57.6 Å². The Balaban J connectivity index is 1.49. The van der Waals surface area contributed by atoms with Gasteiger partial charge in [0.25, 0.3) is 0 Å². The second-order valence-corrected chi connectivity index (χ2v) is 10.4. The predicted molar refractivity (Wildman–Crippen MR) is 130 cm³/mol. The molecule has 2 heterocycles. The van der Waals surface area contributed by atoms with Crippen molar-refractivity contribution in [3.05, 3.63) is 53.3 Å². The van der Waals surface area contributed by atoms with Crippen LogP contribution in [0.3, 0.4) is 0 Å². The first-order valence-electron chi connectivity index (χ1n) is 11.2. The zero-order valence-corrected chi connectivity index (χ0v) is 19.8. The summed E-state index contributed by atoms with van der Waals surface area (Å²) in [6.07, 6.45) is 3.74. The van der Waals surface area contributed by atoms with Gasteiger partial charge in [0.2, 0.25) is 5.91 Å². The quantitative estimate of drug-likeness (QED) is 0.610. The summed E-state index contributed by atoms with van der Waals surface area (Å²) in [7, 11) is 2.21. The van der Waals surface area contributed by atoms with E-state index in [9.17, 15) is 9.18 Å². The maximum absolute atomic E-state index is 13.6. The molecule has 1 saturated heterocycles. The van der Waals surface area contributed by atoms with E-state index in [2.05, 4.69) is 68.3 Å². The van der Waals surface area contributed by atoms with Crippen molar-refractivity contribution in [2.24, 2.45) is 4.99 Å². The molecule has 0 radical (unpaired) electrons. The van der Waals surface area contributed by atoms with Crippen molar-refractivity contribution in [1.82, 2.24) is 4.90 Å². The van der Waals surface area contributed by atoms with Gasteiger partial charge in [-0.2, -0.15) is 0 Å². The SMILES string of the molecule is Cc1cc(N=CC2C(=O)Nc3ccc(F)cc32)ccc1NC1CC(C)(C)N(C)C(C)(C)C1. The molecule has 1 fully saturated rings. The maximum Gasteiger partial charge on any atom is 0.237 e. The Kier molecular flexibility index (Phi) is 5.61. The lowest BCUT2D eigenvalue weighted by atomic mass is 9.77. The van der Waals surface area contributed by atoms with Gasteiger partial charge < -0.3 is 10.6 Å². The number of likely N-dealkylation sites (tertiary alicyclic amines) is 1. The number of nitrogens with one attached hydrogen (secondary N) is 2. The Bertz CT molecular complexity index is 1060. The van der Waals surface area contributed by atoms with Crippen LogP contribution in [0.25, 0.3) is 0 Å². The number of amides is 1. The van der Waals surface area contributed by atoms with Crippen LogP contribution in [0.4, 0.5) is 21.5 Å². The number of aliphatic imine (C=N–C) groups is 1. The molecule has 0 saturated carbocycles. The van der Waals surface area contributed by atoms with Crippen LogP contribution in [0.15, 0.2) is 41.4 Å². The van der Waals surface area contributed by atoms with Crippen molar-refractivity contribution < 1.29 is 9.18 Å². The number of nitrogens with zero attached hydrogens (tertiary/aromatic N) is 2. The van der Waals surface area contributed by atoms with Gasteiger partial charge in [-0.05, 0) is 102 Å². The molecule has 2 aromatic rings. The Morgan fingerprint density at radius 3 is 2.47 bits per heavy atom. The number of halogens is 1. The molecule has 1 atom stereocenters. The number of benzene rings is 2. The third-order valence-corrected chi connectivity index (χ3v) is 7.14. The first-order chi connectivity index (χ1) is 15.0. The van der Waals surface area contributed by atoms with E-state index in [1.165, 1.54) is 12.1 Å². The number of anilines is 2. The van der Waals surface area contributed by atoms with Crippen LogP contribution in [0.5, 0.6) is 0 Å². The number of rotatable bonds is 4. The Labute approximate surface area is 190 Å². The van der Waals surface area contributed by atoms with Crippen LogP contribution < -0.4 is 10.6 Å². The molecule has 2 N–H and O–H groups in total. The summed E-state index contributed by atoms with van der Waals surface area (Å²) in [5, 5.41) is 6.53. The minimum atomic E-state index is -0.581. The van der Waals surface area contributed by atoms with Crippen LogP contribution >= 0.6 is 0 Å². The minimum Gasteiger partial charge on any atom is -0.382 e. The number of aryl methyl sites for hydroxylation is 1. The molecule has 32 heavy (non-hydrogen) atoms. The molecule has 6 heteroatoms. The van der Waals surface area contributed by atoms with E-state index in [-0.39, 0.29) is 22.8 Å². The van der Waals surface area contributed by atoms with E-state index in [0.29, 0.717) is 17.3 Å². The summed E-state index contributed by atoms with van der Waals surface area (Å²) in [5.41, 5.74) is 4.50. The lowest BCUT2D eigenvalue weighted by molar-refractivity contribution is -0.115. The monoisotopic (exact) mass is 436 g/mol. The average molecular weight is 437 g/mol. The van der Waals surface area contributed by atoms with Crippen LogP contribution in [-0.2, 0) is 4.79 Å². The summed E-state index contributed by atoms with van der Waals surface area (Å²) >= 11 is 0. The number of hydrogen-bond acceptors (Lipinski definition) is 4. The fourth-order valence-electron chi connectivity index (χ4n) is 5.15. The van der Waals surface area contributed by atoms with E-state index in [0.717, 1.165) is 29.8 Å². The first kappa shape index (κ1) is 22.5. The number of carbonyl (C=O) groups excluding carboxylic acids is 1. The van der Waals surface area contributed by atoms with E-state index >= 15 is 0 Å². The molecular formula is C26H33FN4O. The normalized spacial score (nSPS) is 22.7. The van der Waals surface area contributed by atoms with Crippen molar-refractivity contribution >= 4 is 29.2 Å². The van der Waals surface area contributed by atoms with Gasteiger partial charge in [0.1, 0.15) is 11.7 Å². The molecule has 2 aliphatic rings. The minimum absolute atomic E-state index is 0.120. The highest BCUT2D eigenvalue weighted by molar-refractivity contribution is 6.12. The van der Waals surface area contributed by atoms with Gasteiger partial charge in [-0.1, -0.05) is 0 Å². The number of carbonyl (C=O) groups is 1. The molecule has 170 valence electrons. The molecule has 5 nitrogen and oxygen atoms in total. The third kappa shape index (κ3) is 4.29. The van der Waals surface area contributed by atoms with Crippen LogP contribution in [0.2, 0.25) is 0 Å². The standard InChI is InChI=1S/C26H33FN4O/c1-16-11-18(28-15-21-20-12-17(27)7-9-23(20)30-24(21)32)8-10-22(16)29-19-13-25(2,3)31(6)26(4,5)14-19/h7-12,15,19,21,29H,13-14H2,1-6H3,(H,30,32). The number of hydrogen-bond donors (Lipinski definition) is 2. The van der Waals surface area contributed by atoms with E-state index in [1.54, 1.807) is 12.3 Å². The molecule has 1 unspecified atom stereocenters. The van der Waals surface area contributed by atoms with Crippen LogP contribution in [0, 0.1) is 12.7 Å². The van der Waals surface area contributed by atoms with Gasteiger partial charge in [0.15, 0.2) is 0 Å². The zero-order valence-electron chi connectivity index (χ0n) is 19.8. The van der Waals surface area contributed by atoms with Gasteiger partial charge in [-0.15, -0.1) is 0 Å². The fraction of sp³-hybridized carbons (Fsp3) is 0.462. The van der Waals surface area contributed by atoms with Crippen molar-refractivity contribution in [3.8, 4) is 0 Å². The third-order valence-electron chi connectivity index (χ3n) is 7.14. The Hall–Kier alpha value is -2.73. The van der Waals surface area contributed by atoms with Gasteiger partial charge in [-0.3, -0.25) is 14.7 Å². The molecule has 0 aliphatic carbocycles. The van der Waals surface area contributed by atoms with Gasteiger partial charge in [0, 0.05) is 34.7 Å². The lowest BCUT2D eigenvalue weighted by Gasteiger charge is -2.54. The summed E-state index contributed by atoms with van der Waals surface area (Å²) in [6.45, 7) is 11.3. The average Bonchev–Trinajstić information content (AvgIpc) is 3.00. The number of piperidine rings is 1. The van der Waals surface area contributed by atoms with E-state index in [4.69, 9.17) is 0 Å². The van der Waals surface area contributed by atoms with Crippen molar-refractivity contribution in [1.29, 1.82) is 0 Å². The largest absolute Gasteiger partial charge is 0.382 e. The Morgan fingerprint density at radius 2 is 1.81 bits per heavy atom. The first-order valence-corrected chi connectivity index (χ1v) is 11.2. The molecule has 1 amide bonds. The maximum atomic E-state index is 13.6. The highest BCUT2D eigenvalue weighted by Crippen LogP contribution is 2.38. The number of fused-ring (bicyclic) bond motifs is 1. The second kappa shape index (κ2) is 8.00. The summed E-state index contributed by atoms with van der Waals surface area (Å²) in [6, 6.07) is 10.8. The van der Waals surface area contributed by atoms with E-state index < -0.39 is 5.92 Å². The van der Waals surface area contributed by atoms with Crippen molar-refractivity contribution in [3.63, 3.8) is 0 Å². The summed E-state index contributed by atoms with van der Waals surface area (Å²) in [5.74, 6) is -1.12. The predicted octanol–water partition coefficient (Wildman–Crippen LogP) is 5.64.